The number of carbonyl (C=O) groups is 3. The molecule has 3 rings (SSSR count). The number of ether oxygens (including phenoxy) is 1. The van der Waals surface area contributed by atoms with Crippen molar-refractivity contribution in [2.75, 3.05) is 30.9 Å². The first kappa shape index (κ1) is 20.6. The maximum atomic E-state index is 12.3. The molecular weight excluding hydrogens is 368 g/mol. The molecule has 0 spiro atoms. The largest absolute Gasteiger partial charge is 0.456 e. The van der Waals surface area contributed by atoms with E-state index in [9.17, 15) is 14.4 Å². The Hall–Kier alpha value is -3.15. The lowest BCUT2D eigenvalue weighted by Crippen LogP contribution is -2.21. The summed E-state index contributed by atoms with van der Waals surface area (Å²) in [6, 6.07) is 13.1. The smallest absolute Gasteiger partial charge is 0.306 e. The number of nitrogens with zero attached hydrogens (tertiary/aromatic N) is 1. The maximum absolute atomic E-state index is 12.3. The van der Waals surface area contributed by atoms with Gasteiger partial charge < -0.3 is 15.0 Å². The van der Waals surface area contributed by atoms with Gasteiger partial charge in [-0.05, 0) is 60.7 Å². The normalized spacial score (nSPS) is 12.2. The fourth-order valence-electron chi connectivity index (χ4n) is 3.36. The van der Waals surface area contributed by atoms with E-state index in [2.05, 4.69) is 5.32 Å². The number of rotatable bonds is 8. The molecular formula is C23H26N2O4. The molecule has 6 heteroatoms. The Labute approximate surface area is 170 Å². The molecule has 0 unspecified atom stereocenters. The van der Waals surface area contributed by atoms with Crippen molar-refractivity contribution in [2.24, 2.45) is 0 Å². The number of Topliss-reactive ketones (excluding diaryl/α,β-unsaturated/α-hetero) is 1. The molecule has 152 valence electrons. The van der Waals surface area contributed by atoms with E-state index in [1.165, 1.54) is 11.1 Å². The molecule has 0 saturated carbocycles. The van der Waals surface area contributed by atoms with Gasteiger partial charge in [-0.15, -0.1) is 0 Å². The third-order valence-electron chi connectivity index (χ3n) is 5.01. The average molecular weight is 394 g/mol. The lowest BCUT2D eigenvalue weighted by Gasteiger charge is -2.13. The van der Waals surface area contributed by atoms with Crippen molar-refractivity contribution in [1.82, 2.24) is 0 Å². The number of nitrogens with one attached hydrogen (secondary N) is 1. The summed E-state index contributed by atoms with van der Waals surface area (Å²) in [5.41, 5.74) is 4.82. The predicted octanol–water partition coefficient (Wildman–Crippen LogP) is 3.39. The Bertz CT molecular complexity index is 904. The standard InChI is InChI=1S/C23H26N2O4/c1-25(2)20-10-8-19(9-11-20)24-22(27)15-29-23(28)13-12-21(26)18-7-6-16-4-3-5-17(16)14-18/h6-11,14H,3-5,12-13,15H2,1-2H3,(H,24,27). The summed E-state index contributed by atoms with van der Waals surface area (Å²) in [5, 5.41) is 2.68. The first-order valence-electron chi connectivity index (χ1n) is 9.80. The highest BCUT2D eigenvalue weighted by Crippen LogP contribution is 2.23. The van der Waals surface area contributed by atoms with Gasteiger partial charge in [-0.2, -0.15) is 0 Å². The first-order valence-corrected chi connectivity index (χ1v) is 9.80. The number of hydrogen-bond donors (Lipinski definition) is 1. The minimum atomic E-state index is -0.558. The van der Waals surface area contributed by atoms with Crippen LogP contribution in [0.3, 0.4) is 0 Å². The van der Waals surface area contributed by atoms with Gasteiger partial charge in [-0.25, -0.2) is 0 Å². The zero-order valence-corrected chi connectivity index (χ0v) is 16.9. The number of carbonyl (C=O) groups excluding carboxylic acids is 3. The molecule has 0 fully saturated rings. The zero-order valence-electron chi connectivity index (χ0n) is 16.9. The van der Waals surface area contributed by atoms with Crippen LogP contribution in [0.15, 0.2) is 42.5 Å². The van der Waals surface area contributed by atoms with E-state index >= 15 is 0 Å². The van der Waals surface area contributed by atoms with E-state index in [1.54, 1.807) is 12.1 Å². The van der Waals surface area contributed by atoms with Crippen molar-refractivity contribution in [2.45, 2.75) is 32.1 Å². The molecule has 1 aliphatic carbocycles. The van der Waals surface area contributed by atoms with Crippen molar-refractivity contribution >= 4 is 29.0 Å². The van der Waals surface area contributed by atoms with Crippen molar-refractivity contribution in [1.29, 1.82) is 0 Å². The first-order chi connectivity index (χ1) is 13.9. The molecule has 0 aromatic heterocycles. The van der Waals surface area contributed by atoms with Gasteiger partial charge in [0.25, 0.3) is 5.91 Å². The van der Waals surface area contributed by atoms with Crippen molar-refractivity contribution < 1.29 is 19.1 Å². The number of fused-ring (bicyclic) bond motifs is 1. The van der Waals surface area contributed by atoms with Crippen LogP contribution in [-0.2, 0) is 27.2 Å². The Kier molecular flexibility index (Phi) is 6.65. The van der Waals surface area contributed by atoms with Gasteiger partial charge in [0, 0.05) is 37.5 Å². The molecule has 0 radical (unpaired) electrons. The number of hydrogen-bond acceptors (Lipinski definition) is 5. The molecule has 0 heterocycles. The molecule has 6 nitrogen and oxygen atoms in total. The Balaban J connectivity index is 1.40. The molecule has 1 N–H and O–H groups in total. The lowest BCUT2D eigenvalue weighted by molar-refractivity contribution is -0.147. The van der Waals surface area contributed by atoms with Crippen LogP contribution >= 0.6 is 0 Å². The van der Waals surface area contributed by atoms with Crippen LogP contribution in [0.4, 0.5) is 11.4 Å². The van der Waals surface area contributed by atoms with Crippen molar-refractivity contribution in [3.05, 3.63) is 59.2 Å². The lowest BCUT2D eigenvalue weighted by atomic mass is 10.0. The van der Waals surface area contributed by atoms with Crippen LogP contribution < -0.4 is 10.2 Å². The van der Waals surface area contributed by atoms with Crippen LogP contribution in [0.1, 0.15) is 40.7 Å². The number of amides is 1. The van der Waals surface area contributed by atoms with Gasteiger partial charge in [0.1, 0.15) is 0 Å². The Morgan fingerprint density at radius 1 is 0.966 bits per heavy atom. The number of esters is 1. The van der Waals surface area contributed by atoms with Gasteiger partial charge >= 0.3 is 5.97 Å². The summed E-state index contributed by atoms with van der Waals surface area (Å²) in [5.74, 6) is -1.05. The molecule has 1 aliphatic rings. The second kappa shape index (κ2) is 9.37. The minimum absolute atomic E-state index is 0.0409. The summed E-state index contributed by atoms with van der Waals surface area (Å²) >= 11 is 0. The quantitative estimate of drug-likeness (QED) is 0.549. The fraction of sp³-hybridized carbons (Fsp3) is 0.348. The minimum Gasteiger partial charge on any atom is -0.456 e. The van der Waals surface area contributed by atoms with Crippen LogP contribution in [-0.4, -0.2) is 38.4 Å². The van der Waals surface area contributed by atoms with E-state index in [1.807, 2.05) is 49.3 Å². The fourth-order valence-corrected chi connectivity index (χ4v) is 3.36. The van der Waals surface area contributed by atoms with Crippen LogP contribution in [0, 0.1) is 0 Å². The van der Waals surface area contributed by atoms with Crippen molar-refractivity contribution in [3.63, 3.8) is 0 Å². The summed E-state index contributed by atoms with van der Waals surface area (Å²) in [6.45, 7) is -0.374. The molecule has 1 amide bonds. The predicted molar refractivity (Wildman–Crippen MR) is 112 cm³/mol. The zero-order chi connectivity index (χ0) is 20.8. The Morgan fingerprint density at radius 2 is 1.69 bits per heavy atom. The van der Waals surface area contributed by atoms with Crippen LogP contribution in [0.2, 0.25) is 0 Å². The summed E-state index contributed by atoms with van der Waals surface area (Å²) in [7, 11) is 3.87. The van der Waals surface area contributed by atoms with Gasteiger partial charge in [0.05, 0.1) is 6.42 Å². The molecule has 2 aromatic carbocycles. The summed E-state index contributed by atoms with van der Waals surface area (Å²) in [4.78, 5) is 38.1. The molecule has 0 aliphatic heterocycles. The highest BCUT2D eigenvalue weighted by molar-refractivity contribution is 5.98. The van der Waals surface area contributed by atoms with Gasteiger partial charge in [0.15, 0.2) is 12.4 Å². The molecule has 0 saturated heterocycles. The highest BCUT2D eigenvalue weighted by Gasteiger charge is 2.16. The number of ketones is 1. The number of benzene rings is 2. The molecule has 0 atom stereocenters. The number of anilines is 2. The highest BCUT2D eigenvalue weighted by atomic mass is 16.5. The second-order valence-corrected chi connectivity index (χ2v) is 7.41. The van der Waals surface area contributed by atoms with E-state index in [4.69, 9.17) is 4.74 Å². The summed E-state index contributed by atoms with van der Waals surface area (Å²) in [6.07, 6.45) is 3.23. The maximum Gasteiger partial charge on any atom is 0.306 e. The average Bonchev–Trinajstić information content (AvgIpc) is 3.18. The van der Waals surface area contributed by atoms with E-state index < -0.39 is 11.9 Å². The molecule has 0 bridgehead atoms. The van der Waals surface area contributed by atoms with Crippen molar-refractivity contribution in [3.8, 4) is 0 Å². The summed E-state index contributed by atoms with van der Waals surface area (Å²) < 4.78 is 4.99. The Morgan fingerprint density at radius 3 is 2.41 bits per heavy atom. The van der Waals surface area contributed by atoms with Crippen LogP contribution in [0.25, 0.3) is 0 Å². The van der Waals surface area contributed by atoms with Gasteiger partial charge in [0.2, 0.25) is 0 Å². The van der Waals surface area contributed by atoms with E-state index in [-0.39, 0.29) is 25.2 Å². The topological polar surface area (TPSA) is 75.7 Å². The molecule has 2 aromatic rings. The second-order valence-electron chi connectivity index (χ2n) is 7.41. The van der Waals surface area contributed by atoms with E-state index in [0.717, 1.165) is 24.9 Å². The molecule has 29 heavy (non-hydrogen) atoms. The third kappa shape index (κ3) is 5.67. The van der Waals surface area contributed by atoms with Gasteiger partial charge in [-0.3, -0.25) is 14.4 Å². The van der Waals surface area contributed by atoms with E-state index in [0.29, 0.717) is 11.3 Å². The third-order valence-corrected chi connectivity index (χ3v) is 5.01. The monoisotopic (exact) mass is 394 g/mol. The van der Waals surface area contributed by atoms with Crippen LogP contribution in [0.5, 0.6) is 0 Å². The van der Waals surface area contributed by atoms with Gasteiger partial charge in [-0.1, -0.05) is 12.1 Å². The SMILES string of the molecule is CN(C)c1ccc(NC(=O)COC(=O)CCC(=O)c2ccc3c(c2)CCC3)cc1. The number of aryl methyl sites for hydroxylation is 2.